The fraction of sp³-hybridized carbons (Fsp3) is 1.00. The van der Waals surface area contributed by atoms with Crippen LogP contribution in [-0.2, 0) is 4.74 Å². The van der Waals surface area contributed by atoms with Crippen LogP contribution in [0.15, 0.2) is 0 Å². The first-order valence-electron chi connectivity index (χ1n) is 7.78. The van der Waals surface area contributed by atoms with E-state index in [0.717, 1.165) is 25.9 Å². The van der Waals surface area contributed by atoms with Crippen molar-refractivity contribution in [1.29, 1.82) is 0 Å². The molecule has 0 spiro atoms. The summed E-state index contributed by atoms with van der Waals surface area (Å²) in [5, 5.41) is 13.0. The first kappa shape index (κ1) is 16.9. The summed E-state index contributed by atoms with van der Waals surface area (Å²) >= 11 is 0. The Bertz CT molecular complexity index is 274. The minimum absolute atomic E-state index is 0.175. The Morgan fingerprint density at radius 3 is 2.42 bits per heavy atom. The maximum absolute atomic E-state index is 9.26. The second-order valence-electron chi connectivity index (χ2n) is 7.19. The molecule has 3 heteroatoms. The van der Waals surface area contributed by atoms with Gasteiger partial charge in [0.2, 0.25) is 0 Å². The van der Waals surface area contributed by atoms with E-state index in [-0.39, 0.29) is 17.4 Å². The highest BCUT2D eigenvalue weighted by molar-refractivity contribution is 5.06. The monoisotopic (exact) mass is 271 g/mol. The molecule has 0 amide bonds. The zero-order chi connectivity index (χ0) is 14.7. The molecular formula is C16H33NO2. The van der Waals surface area contributed by atoms with Gasteiger partial charge in [0.05, 0.1) is 6.10 Å². The Morgan fingerprint density at radius 1 is 1.37 bits per heavy atom. The third kappa shape index (κ3) is 3.71. The van der Waals surface area contributed by atoms with E-state index in [1.807, 2.05) is 0 Å². The lowest BCUT2D eigenvalue weighted by Gasteiger charge is -2.55. The second-order valence-corrected chi connectivity index (χ2v) is 7.19. The predicted octanol–water partition coefficient (Wildman–Crippen LogP) is 2.97. The molecule has 0 aliphatic heterocycles. The highest BCUT2D eigenvalue weighted by atomic mass is 16.5. The largest absolute Gasteiger partial charge is 0.396 e. The third-order valence-electron chi connectivity index (χ3n) is 4.98. The van der Waals surface area contributed by atoms with Crippen molar-refractivity contribution < 1.29 is 9.84 Å². The number of nitrogens with one attached hydrogen (secondary N) is 1. The minimum Gasteiger partial charge on any atom is -0.396 e. The van der Waals surface area contributed by atoms with Gasteiger partial charge in [-0.2, -0.15) is 0 Å². The lowest BCUT2D eigenvalue weighted by atomic mass is 9.61. The van der Waals surface area contributed by atoms with E-state index in [9.17, 15) is 5.11 Å². The van der Waals surface area contributed by atoms with Crippen LogP contribution in [0.1, 0.15) is 60.8 Å². The van der Waals surface area contributed by atoms with E-state index in [4.69, 9.17) is 4.74 Å². The molecule has 2 N–H and O–H groups in total. The number of aliphatic hydroxyl groups is 1. The molecule has 0 radical (unpaired) electrons. The van der Waals surface area contributed by atoms with Gasteiger partial charge in [-0.15, -0.1) is 0 Å². The van der Waals surface area contributed by atoms with Crippen molar-refractivity contribution >= 4 is 0 Å². The topological polar surface area (TPSA) is 41.5 Å². The van der Waals surface area contributed by atoms with Gasteiger partial charge in [0, 0.05) is 30.7 Å². The number of hydrogen-bond donors (Lipinski definition) is 2. The SMILES string of the molecule is CCOC1CC(NC(CCO)C(C)(C)C)C1(C)CC. The minimum atomic E-state index is 0.175. The quantitative estimate of drug-likeness (QED) is 0.748. The molecule has 0 aromatic heterocycles. The maximum Gasteiger partial charge on any atom is 0.0658 e. The van der Waals surface area contributed by atoms with Gasteiger partial charge in [-0.1, -0.05) is 34.6 Å². The van der Waals surface area contributed by atoms with Gasteiger partial charge >= 0.3 is 0 Å². The summed E-state index contributed by atoms with van der Waals surface area (Å²) in [5.74, 6) is 0. The van der Waals surface area contributed by atoms with Crippen LogP contribution in [0.5, 0.6) is 0 Å². The summed E-state index contributed by atoms with van der Waals surface area (Å²) in [7, 11) is 0. The molecule has 0 heterocycles. The third-order valence-corrected chi connectivity index (χ3v) is 4.98. The first-order valence-corrected chi connectivity index (χ1v) is 7.78. The Labute approximate surface area is 119 Å². The average molecular weight is 271 g/mol. The van der Waals surface area contributed by atoms with Crippen molar-refractivity contribution in [3.05, 3.63) is 0 Å². The molecule has 0 aromatic rings. The summed E-state index contributed by atoms with van der Waals surface area (Å²) in [6.07, 6.45) is 3.43. The zero-order valence-electron chi connectivity index (χ0n) is 13.6. The Hall–Kier alpha value is -0.120. The Balaban J connectivity index is 2.66. The van der Waals surface area contributed by atoms with Gasteiger partial charge in [-0.05, 0) is 31.6 Å². The Morgan fingerprint density at radius 2 is 2.00 bits per heavy atom. The van der Waals surface area contributed by atoms with Crippen molar-refractivity contribution in [2.24, 2.45) is 10.8 Å². The van der Waals surface area contributed by atoms with E-state index >= 15 is 0 Å². The first-order chi connectivity index (χ1) is 8.79. The Kier molecular flexibility index (Phi) is 5.84. The molecule has 4 unspecified atom stereocenters. The molecule has 1 aliphatic rings. The van der Waals surface area contributed by atoms with Crippen LogP contribution in [0.4, 0.5) is 0 Å². The predicted molar refractivity (Wildman–Crippen MR) is 80.3 cm³/mol. The number of ether oxygens (including phenoxy) is 1. The van der Waals surface area contributed by atoms with Gasteiger partial charge in [-0.3, -0.25) is 0 Å². The highest BCUT2D eigenvalue weighted by Gasteiger charge is 2.51. The van der Waals surface area contributed by atoms with Crippen LogP contribution >= 0.6 is 0 Å². The number of rotatable bonds is 7. The summed E-state index contributed by atoms with van der Waals surface area (Å²) in [6, 6.07) is 0.862. The number of hydrogen-bond acceptors (Lipinski definition) is 3. The van der Waals surface area contributed by atoms with Crippen LogP contribution in [0.3, 0.4) is 0 Å². The van der Waals surface area contributed by atoms with Gasteiger partial charge in [0.1, 0.15) is 0 Å². The molecule has 0 saturated heterocycles. The molecule has 1 aliphatic carbocycles. The van der Waals surface area contributed by atoms with Gasteiger partial charge in [0.15, 0.2) is 0 Å². The van der Waals surface area contributed by atoms with E-state index in [1.165, 1.54) is 0 Å². The molecule has 114 valence electrons. The normalized spacial score (nSPS) is 33.0. The molecule has 1 fully saturated rings. The van der Waals surface area contributed by atoms with Crippen molar-refractivity contribution in [3.63, 3.8) is 0 Å². The smallest absolute Gasteiger partial charge is 0.0658 e. The van der Waals surface area contributed by atoms with Gasteiger partial charge < -0.3 is 15.2 Å². The van der Waals surface area contributed by atoms with Crippen LogP contribution in [-0.4, -0.2) is 36.5 Å². The molecule has 0 bridgehead atoms. The lowest BCUT2D eigenvalue weighted by molar-refractivity contribution is -0.131. The fourth-order valence-electron chi connectivity index (χ4n) is 3.15. The van der Waals surface area contributed by atoms with Crippen molar-refractivity contribution in [2.75, 3.05) is 13.2 Å². The van der Waals surface area contributed by atoms with Crippen molar-refractivity contribution in [2.45, 2.75) is 79.0 Å². The molecule has 19 heavy (non-hydrogen) atoms. The van der Waals surface area contributed by atoms with E-state index in [1.54, 1.807) is 0 Å². The fourth-order valence-corrected chi connectivity index (χ4v) is 3.15. The molecular weight excluding hydrogens is 238 g/mol. The second kappa shape index (κ2) is 6.55. The van der Waals surface area contributed by atoms with Crippen molar-refractivity contribution in [1.82, 2.24) is 5.32 Å². The summed E-state index contributed by atoms with van der Waals surface area (Å²) in [6.45, 7) is 14.4. The van der Waals surface area contributed by atoms with Gasteiger partial charge in [-0.25, -0.2) is 0 Å². The molecule has 1 rings (SSSR count). The van der Waals surface area contributed by atoms with Crippen molar-refractivity contribution in [3.8, 4) is 0 Å². The molecule has 1 saturated carbocycles. The van der Waals surface area contributed by atoms with E-state index < -0.39 is 0 Å². The maximum atomic E-state index is 9.26. The lowest BCUT2D eigenvalue weighted by Crippen LogP contribution is -2.65. The molecule has 0 aromatic carbocycles. The summed E-state index contributed by atoms with van der Waals surface area (Å²) in [4.78, 5) is 0. The van der Waals surface area contributed by atoms with E-state index in [2.05, 4.69) is 46.9 Å². The molecule has 3 nitrogen and oxygen atoms in total. The van der Waals surface area contributed by atoms with Crippen LogP contribution < -0.4 is 5.32 Å². The van der Waals surface area contributed by atoms with Crippen LogP contribution in [0, 0.1) is 10.8 Å². The van der Waals surface area contributed by atoms with Crippen LogP contribution in [0.2, 0.25) is 0 Å². The number of aliphatic hydroxyl groups excluding tert-OH is 1. The average Bonchev–Trinajstić information content (AvgIpc) is 2.34. The highest BCUT2D eigenvalue weighted by Crippen LogP contribution is 2.46. The summed E-state index contributed by atoms with van der Waals surface area (Å²) < 4.78 is 5.85. The summed E-state index contributed by atoms with van der Waals surface area (Å²) in [5.41, 5.74) is 0.406. The van der Waals surface area contributed by atoms with Crippen LogP contribution in [0.25, 0.3) is 0 Å². The zero-order valence-corrected chi connectivity index (χ0v) is 13.6. The molecule has 4 atom stereocenters. The standard InChI is InChI=1S/C16H33NO2/c1-7-16(6)13(11-14(16)19-8-2)17-12(9-10-18)15(3,4)5/h12-14,17-18H,7-11H2,1-6H3. The van der Waals surface area contributed by atoms with E-state index in [0.29, 0.717) is 18.2 Å². The van der Waals surface area contributed by atoms with Gasteiger partial charge in [0.25, 0.3) is 0 Å².